The zero-order chi connectivity index (χ0) is 16.5. The van der Waals surface area contributed by atoms with E-state index in [0.717, 1.165) is 25.3 Å². The molecule has 124 valence electrons. The molecule has 2 rings (SSSR count). The topological polar surface area (TPSA) is 72.2 Å². The molecule has 0 radical (unpaired) electrons. The van der Waals surface area contributed by atoms with Gasteiger partial charge in [0.15, 0.2) is 0 Å². The number of rotatable bonds is 3. The van der Waals surface area contributed by atoms with E-state index in [1.165, 1.54) is 6.92 Å². The number of nitrogen functional groups attached to an aromatic ring is 1. The van der Waals surface area contributed by atoms with Crippen molar-refractivity contribution >= 4 is 15.7 Å². The quantitative estimate of drug-likeness (QED) is 0.833. The Bertz CT molecular complexity index is 651. The van der Waals surface area contributed by atoms with E-state index < -0.39 is 26.7 Å². The molecule has 1 saturated carbocycles. The standard InChI is InChI=1S/C14H19F3N2O2S/c1-9-12(18)7-10(14(15,16)17)8-13(9)22(20,21)19-11-5-3-2-4-6-11/h7-8,11,19H,2-6,18H2,1H3. The van der Waals surface area contributed by atoms with Crippen LogP contribution < -0.4 is 10.5 Å². The number of benzene rings is 1. The molecule has 0 aromatic heterocycles. The first-order valence-corrected chi connectivity index (χ1v) is 8.59. The maximum atomic E-state index is 12.9. The Morgan fingerprint density at radius 2 is 1.77 bits per heavy atom. The van der Waals surface area contributed by atoms with Crippen LogP contribution in [0.4, 0.5) is 18.9 Å². The normalized spacial score (nSPS) is 17.6. The molecule has 1 fully saturated rings. The third-order valence-electron chi connectivity index (χ3n) is 3.94. The highest BCUT2D eigenvalue weighted by atomic mass is 32.2. The molecule has 0 unspecified atom stereocenters. The minimum Gasteiger partial charge on any atom is -0.398 e. The fourth-order valence-electron chi connectivity index (χ4n) is 2.66. The van der Waals surface area contributed by atoms with Crippen LogP contribution in [0.3, 0.4) is 0 Å². The summed E-state index contributed by atoms with van der Waals surface area (Å²) in [5.41, 5.74) is 4.45. The van der Waals surface area contributed by atoms with Crippen molar-refractivity contribution in [2.45, 2.75) is 56.1 Å². The van der Waals surface area contributed by atoms with Crippen LogP contribution in [0, 0.1) is 6.92 Å². The monoisotopic (exact) mass is 336 g/mol. The van der Waals surface area contributed by atoms with E-state index >= 15 is 0 Å². The van der Waals surface area contributed by atoms with E-state index in [9.17, 15) is 21.6 Å². The molecule has 0 amide bonds. The lowest BCUT2D eigenvalue weighted by molar-refractivity contribution is -0.137. The second kappa shape index (κ2) is 6.08. The molecular formula is C14H19F3N2O2S. The molecule has 0 bridgehead atoms. The molecule has 1 aliphatic carbocycles. The van der Waals surface area contributed by atoms with Gasteiger partial charge in [0, 0.05) is 11.7 Å². The first-order valence-electron chi connectivity index (χ1n) is 7.11. The predicted molar refractivity (Wildman–Crippen MR) is 77.8 cm³/mol. The fourth-order valence-corrected chi connectivity index (χ4v) is 4.26. The van der Waals surface area contributed by atoms with Crippen molar-refractivity contribution in [2.75, 3.05) is 5.73 Å². The Hall–Kier alpha value is -1.28. The Morgan fingerprint density at radius 3 is 2.32 bits per heavy atom. The Morgan fingerprint density at radius 1 is 1.18 bits per heavy atom. The van der Waals surface area contributed by atoms with Crippen LogP contribution in [0.2, 0.25) is 0 Å². The Kier molecular flexibility index (Phi) is 4.72. The average molecular weight is 336 g/mol. The minimum atomic E-state index is -4.64. The lowest BCUT2D eigenvalue weighted by Gasteiger charge is -2.23. The first-order chi connectivity index (χ1) is 10.1. The molecule has 4 nitrogen and oxygen atoms in total. The van der Waals surface area contributed by atoms with Gasteiger partial charge in [-0.2, -0.15) is 13.2 Å². The molecular weight excluding hydrogens is 317 g/mol. The van der Waals surface area contributed by atoms with E-state index in [-0.39, 0.29) is 17.3 Å². The number of sulfonamides is 1. The zero-order valence-electron chi connectivity index (χ0n) is 12.2. The van der Waals surface area contributed by atoms with Crippen molar-refractivity contribution in [2.24, 2.45) is 0 Å². The molecule has 0 atom stereocenters. The molecule has 22 heavy (non-hydrogen) atoms. The van der Waals surface area contributed by atoms with Crippen LogP contribution >= 0.6 is 0 Å². The van der Waals surface area contributed by atoms with Crippen LogP contribution in [0.5, 0.6) is 0 Å². The summed E-state index contributed by atoms with van der Waals surface area (Å²) in [7, 11) is -4.03. The first kappa shape index (κ1) is 17.1. The van der Waals surface area contributed by atoms with Crippen molar-refractivity contribution in [3.05, 3.63) is 23.3 Å². The van der Waals surface area contributed by atoms with Gasteiger partial charge in [0.05, 0.1) is 10.5 Å². The van der Waals surface area contributed by atoms with Crippen molar-refractivity contribution in [3.63, 3.8) is 0 Å². The maximum absolute atomic E-state index is 12.9. The molecule has 0 saturated heterocycles. The van der Waals surface area contributed by atoms with Crippen LogP contribution in [0.1, 0.15) is 43.2 Å². The Balaban J connectivity index is 2.39. The predicted octanol–water partition coefficient (Wildman–Crippen LogP) is 3.21. The average Bonchev–Trinajstić information content (AvgIpc) is 2.40. The van der Waals surface area contributed by atoms with Gasteiger partial charge < -0.3 is 5.73 Å². The highest BCUT2D eigenvalue weighted by Gasteiger charge is 2.34. The Labute approximate surface area is 127 Å². The van der Waals surface area contributed by atoms with Crippen LogP contribution in [-0.4, -0.2) is 14.5 Å². The van der Waals surface area contributed by atoms with E-state index in [4.69, 9.17) is 5.73 Å². The number of halogens is 3. The molecule has 3 N–H and O–H groups in total. The van der Waals surface area contributed by atoms with Gasteiger partial charge in [-0.1, -0.05) is 19.3 Å². The smallest absolute Gasteiger partial charge is 0.398 e. The zero-order valence-corrected chi connectivity index (χ0v) is 13.0. The summed E-state index contributed by atoms with van der Waals surface area (Å²) in [6.45, 7) is 1.41. The van der Waals surface area contributed by atoms with Gasteiger partial charge in [0.25, 0.3) is 0 Å². The molecule has 0 aliphatic heterocycles. The molecule has 1 aromatic rings. The SMILES string of the molecule is Cc1c(N)cc(C(F)(F)F)cc1S(=O)(=O)NC1CCCCC1. The van der Waals surface area contributed by atoms with Gasteiger partial charge >= 0.3 is 6.18 Å². The van der Waals surface area contributed by atoms with Gasteiger partial charge in [0.1, 0.15) is 0 Å². The van der Waals surface area contributed by atoms with Crippen LogP contribution in [0.25, 0.3) is 0 Å². The molecule has 0 spiro atoms. The highest BCUT2D eigenvalue weighted by Crippen LogP contribution is 2.34. The summed E-state index contributed by atoms with van der Waals surface area (Å²) < 4.78 is 65.9. The number of nitrogens with one attached hydrogen (secondary N) is 1. The lowest BCUT2D eigenvalue weighted by Crippen LogP contribution is -2.36. The number of alkyl halides is 3. The fraction of sp³-hybridized carbons (Fsp3) is 0.571. The number of hydrogen-bond donors (Lipinski definition) is 2. The summed E-state index contributed by atoms with van der Waals surface area (Å²) in [6, 6.07) is 1.18. The van der Waals surface area contributed by atoms with Crippen LogP contribution in [-0.2, 0) is 16.2 Å². The third kappa shape index (κ3) is 3.73. The van der Waals surface area contributed by atoms with Gasteiger partial charge in [0.2, 0.25) is 10.0 Å². The second-order valence-electron chi connectivity index (χ2n) is 5.64. The van der Waals surface area contributed by atoms with Crippen molar-refractivity contribution in [1.82, 2.24) is 4.72 Å². The van der Waals surface area contributed by atoms with Gasteiger partial charge in [-0.05, 0) is 37.5 Å². The summed E-state index contributed by atoms with van der Waals surface area (Å²) in [6.07, 6.45) is -0.363. The van der Waals surface area contributed by atoms with E-state index in [2.05, 4.69) is 4.72 Å². The molecule has 8 heteroatoms. The number of nitrogens with two attached hydrogens (primary N) is 1. The summed E-state index contributed by atoms with van der Waals surface area (Å²) in [5, 5.41) is 0. The second-order valence-corrected chi connectivity index (χ2v) is 7.32. The largest absolute Gasteiger partial charge is 0.416 e. The molecule has 1 aliphatic rings. The van der Waals surface area contributed by atoms with Gasteiger partial charge in [-0.3, -0.25) is 0 Å². The minimum absolute atomic E-state index is 0.135. The van der Waals surface area contributed by atoms with Gasteiger partial charge in [-0.15, -0.1) is 0 Å². The lowest BCUT2D eigenvalue weighted by atomic mass is 9.96. The maximum Gasteiger partial charge on any atom is 0.416 e. The molecule has 1 aromatic carbocycles. The number of hydrogen-bond acceptors (Lipinski definition) is 3. The number of anilines is 1. The van der Waals surface area contributed by atoms with Crippen molar-refractivity contribution in [3.8, 4) is 0 Å². The molecule has 0 heterocycles. The van der Waals surface area contributed by atoms with Crippen LogP contribution in [0.15, 0.2) is 17.0 Å². The third-order valence-corrected chi connectivity index (χ3v) is 5.59. The summed E-state index contributed by atoms with van der Waals surface area (Å²) in [5.74, 6) is 0. The summed E-state index contributed by atoms with van der Waals surface area (Å²) >= 11 is 0. The highest BCUT2D eigenvalue weighted by molar-refractivity contribution is 7.89. The van der Waals surface area contributed by atoms with Crippen molar-refractivity contribution in [1.29, 1.82) is 0 Å². The van der Waals surface area contributed by atoms with E-state index in [0.29, 0.717) is 18.9 Å². The summed E-state index contributed by atoms with van der Waals surface area (Å²) in [4.78, 5) is -0.398. The van der Waals surface area contributed by atoms with E-state index in [1.54, 1.807) is 0 Å². The van der Waals surface area contributed by atoms with Gasteiger partial charge in [-0.25, -0.2) is 13.1 Å². The van der Waals surface area contributed by atoms with Crippen molar-refractivity contribution < 1.29 is 21.6 Å². The van der Waals surface area contributed by atoms with E-state index in [1.807, 2.05) is 0 Å².